The lowest BCUT2D eigenvalue weighted by molar-refractivity contribution is -0.137. The van der Waals surface area contributed by atoms with Gasteiger partial charge in [0.05, 0.1) is 30.5 Å². The number of amides is 2. The molecule has 2 amide bonds. The van der Waals surface area contributed by atoms with E-state index in [-0.39, 0.29) is 5.56 Å². The van der Waals surface area contributed by atoms with Crippen LogP contribution >= 0.6 is 0 Å². The highest BCUT2D eigenvalue weighted by Crippen LogP contribution is 2.31. The van der Waals surface area contributed by atoms with E-state index >= 15 is 0 Å². The Kier molecular flexibility index (Phi) is 7.52. The van der Waals surface area contributed by atoms with Crippen LogP contribution in [0.5, 0.6) is 5.88 Å². The van der Waals surface area contributed by atoms with E-state index in [0.29, 0.717) is 23.8 Å². The molecule has 0 aliphatic heterocycles. The second-order valence-electron chi connectivity index (χ2n) is 8.52. The van der Waals surface area contributed by atoms with Crippen molar-refractivity contribution in [2.45, 2.75) is 32.1 Å². The molecule has 0 fully saturated rings. The average Bonchev–Trinajstić information content (AvgIpc) is 3.40. The maximum atomic E-state index is 13.2. The minimum atomic E-state index is -4.56. The molecule has 2 atom stereocenters. The summed E-state index contributed by atoms with van der Waals surface area (Å²) in [5, 5.41) is 12.2. The maximum Gasteiger partial charge on any atom is 0.416 e. The number of benzene rings is 2. The number of imidazole rings is 1. The number of carbonyl (C=O) groups is 1. The predicted octanol–water partition coefficient (Wildman–Crippen LogP) is 5.78. The molecule has 2 heterocycles. The fourth-order valence-electron chi connectivity index (χ4n) is 4.20. The lowest BCUT2D eigenvalue weighted by atomic mass is 10.0. The van der Waals surface area contributed by atoms with Gasteiger partial charge < -0.3 is 19.4 Å². The Morgan fingerprint density at radius 1 is 1.21 bits per heavy atom. The molecule has 4 rings (SSSR count). The predicted molar refractivity (Wildman–Crippen MR) is 134 cm³/mol. The summed E-state index contributed by atoms with van der Waals surface area (Å²) in [5.41, 5.74) is 1.99. The summed E-state index contributed by atoms with van der Waals surface area (Å²) >= 11 is 0. The summed E-state index contributed by atoms with van der Waals surface area (Å²) in [6.45, 7) is 3.91. The summed E-state index contributed by atoms with van der Waals surface area (Å²) < 4.78 is 46.6. The minimum absolute atomic E-state index is 0.0521. The minimum Gasteiger partial charge on any atom is -0.478 e. The Morgan fingerprint density at radius 2 is 1.95 bits per heavy atom. The van der Waals surface area contributed by atoms with Crippen LogP contribution in [0.4, 0.5) is 18.0 Å². The molecule has 2 unspecified atom stereocenters. The number of ether oxygens (including phenoxy) is 1. The molecule has 8 nitrogen and oxygen atoms in total. The lowest BCUT2D eigenvalue weighted by Gasteiger charge is -2.30. The van der Waals surface area contributed by atoms with E-state index < -0.39 is 29.9 Å². The van der Waals surface area contributed by atoms with E-state index in [1.165, 1.54) is 24.1 Å². The number of hydrogen-bond acceptors (Lipinski definition) is 5. The molecule has 0 radical (unpaired) electrons. The molecular weight excluding hydrogens is 497 g/mol. The summed E-state index contributed by atoms with van der Waals surface area (Å²) in [6, 6.07) is 11.5. The largest absolute Gasteiger partial charge is 0.478 e. The zero-order valence-corrected chi connectivity index (χ0v) is 20.9. The Bertz CT molecular complexity index is 1490. The van der Waals surface area contributed by atoms with Gasteiger partial charge in [0, 0.05) is 30.7 Å². The molecule has 4 aromatic rings. The molecule has 38 heavy (non-hydrogen) atoms. The third-order valence-corrected chi connectivity index (χ3v) is 6.21. The number of urea groups is 1. The number of nitrogens with one attached hydrogen (secondary N) is 1. The fourth-order valence-corrected chi connectivity index (χ4v) is 4.20. The van der Waals surface area contributed by atoms with Gasteiger partial charge in [-0.2, -0.15) is 18.4 Å². The van der Waals surface area contributed by atoms with Crippen LogP contribution in [0.2, 0.25) is 0 Å². The molecule has 2 aromatic carbocycles. The first-order chi connectivity index (χ1) is 18.2. The molecule has 0 saturated heterocycles. The van der Waals surface area contributed by atoms with Crippen molar-refractivity contribution in [1.29, 1.82) is 5.26 Å². The van der Waals surface area contributed by atoms with Gasteiger partial charge in [0.15, 0.2) is 5.65 Å². The number of methoxy groups -OCH3 is 1. The number of carbonyl (C=O) groups excluding carboxylic acids is 1. The van der Waals surface area contributed by atoms with Crippen molar-refractivity contribution in [2.75, 3.05) is 13.7 Å². The fraction of sp³-hybridized carbons (Fsp3) is 0.259. The van der Waals surface area contributed by atoms with Crippen LogP contribution in [0.25, 0.3) is 16.9 Å². The molecule has 0 aliphatic rings. The second-order valence-corrected chi connectivity index (χ2v) is 8.52. The first kappa shape index (κ1) is 26.5. The van der Waals surface area contributed by atoms with Gasteiger partial charge >= 0.3 is 12.2 Å². The molecule has 0 aliphatic carbocycles. The highest BCUT2D eigenvalue weighted by molar-refractivity contribution is 5.76. The van der Waals surface area contributed by atoms with E-state index in [9.17, 15) is 23.2 Å². The number of hydrogen-bond donors (Lipinski definition) is 1. The number of nitriles is 1. The normalized spacial score (nSPS) is 13.0. The molecule has 196 valence electrons. The molecule has 2 aromatic heterocycles. The molecule has 11 heteroatoms. The van der Waals surface area contributed by atoms with E-state index in [0.717, 1.165) is 23.3 Å². The zero-order chi connectivity index (χ0) is 27.4. The number of nitrogens with zero attached hydrogens (tertiary/aromatic N) is 5. The highest BCUT2D eigenvalue weighted by atomic mass is 19.4. The third kappa shape index (κ3) is 5.39. The van der Waals surface area contributed by atoms with Gasteiger partial charge in [0.1, 0.15) is 6.04 Å². The monoisotopic (exact) mass is 522 g/mol. The van der Waals surface area contributed by atoms with Gasteiger partial charge in [-0.15, -0.1) is 0 Å². The number of alkyl halides is 3. The number of fused-ring (bicyclic) bond motifs is 1. The Morgan fingerprint density at radius 3 is 2.63 bits per heavy atom. The lowest BCUT2D eigenvalue weighted by Crippen LogP contribution is -2.42. The van der Waals surface area contributed by atoms with Crippen molar-refractivity contribution in [3.05, 3.63) is 83.8 Å². The van der Waals surface area contributed by atoms with E-state index in [1.807, 2.05) is 43.5 Å². The quantitative estimate of drug-likeness (QED) is 0.332. The van der Waals surface area contributed by atoms with E-state index in [1.54, 1.807) is 23.7 Å². The molecule has 0 spiro atoms. The van der Waals surface area contributed by atoms with Gasteiger partial charge in [0.25, 0.3) is 5.88 Å². The summed E-state index contributed by atoms with van der Waals surface area (Å²) in [5.74, 6) is 0.373. The molecule has 0 saturated carbocycles. The topological polar surface area (TPSA) is 95.6 Å². The van der Waals surface area contributed by atoms with Crippen LogP contribution in [0.1, 0.15) is 42.6 Å². The first-order valence-corrected chi connectivity index (χ1v) is 11.8. The van der Waals surface area contributed by atoms with Gasteiger partial charge in [-0.05, 0) is 43.2 Å². The third-order valence-electron chi connectivity index (χ3n) is 6.21. The summed E-state index contributed by atoms with van der Waals surface area (Å²) in [7, 11) is 1.52. The Labute approximate surface area is 217 Å². The van der Waals surface area contributed by atoms with Crippen LogP contribution < -0.4 is 10.1 Å². The summed E-state index contributed by atoms with van der Waals surface area (Å²) in [4.78, 5) is 23.5. The van der Waals surface area contributed by atoms with Crippen LogP contribution in [0.15, 0.2) is 67.1 Å². The highest BCUT2D eigenvalue weighted by Gasteiger charge is 2.31. The van der Waals surface area contributed by atoms with E-state index in [2.05, 4.69) is 15.3 Å². The van der Waals surface area contributed by atoms with Crippen molar-refractivity contribution in [2.24, 2.45) is 0 Å². The van der Waals surface area contributed by atoms with Gasteiger partial charge in [-0.25, -0.2) is 14.8 Å². The zero-order valence-electron chi connectivity index (χ0n) is 20.9. The molecular formula is C27H25F3N6O2. The smallest absolute Gasteiger partial charge is 0.416 e. The SMILES string of the molecule is CCN(C(=O)NC(C#N)c1cccc(C(F)(F)F)c1)C(C)c1cccc(-c2cn3ccnc3c(OC)n2)c1. The van der Waals surface area contributed by atoms with Crippen molar-refractivity contribution in [3.63, 3.8) is 0 Å². The van der Waals surface area contributed by atoms with Crippen molar-refractivity contribution in [3.8, 4) is 23.2 Å². The number of aromatic nitrogens is 3. The van der Waals surface area contributed by atoms with Crippen LogP contribution in [0, 0.1) is 11.3 Å². The maximum absolute atomic E-state index is 13.2. The van der Waals surface area contributed by atoms with Crippen molar-refractivity contribution >= 4 is 11.7 Å². The first-order valence-electron chi connectivity index (χ1n) is 11.8. The second kappa shape index (κ2) is 10.8. The van der Waals surface area contributed by atoms with Gasteiger partial charge in [-0.3, -0.25) is 0 Å². The number of halogens is 3. The van der Waals surface area contributed by atoms with Gasteiger partial charge in [0.2, 0.25) is 0 Å². The number of rotatable bonds is 7. The molecule has 1 N–H and O–H groups in total. The van der Waals surface area contributed by atoms with Crippen LogP contribution in [-0.4, -0.2) is 39.0 Å². The van der Waals surface area contributed by atoms with Crippen molar-refractivity contribution in [1.82, 2.24) is 24.6 Å². The molecule has 0 bridgehead atoms. The van der Waals surface area contributed by atoms with Crippen LogP contribution in [-0.2, 0) is 6.18 Å². The Balaban J connectivity index is 1.57. The summed E-state index contributed by atoms with van der Waals surface area (Å²) in [6.07, 6.45) is 0.698. The van der Waals surface area contributed by atoms with Gasteiger partial charge in [-0.1, -0.05) is 30.3 Å². The average molecular weight is 523 g/mol. The Hall–Kier alpha value is -4.59. The van der Waals surface area contributed by atoms with Crippen LogP contribution in [0.3, 0.4) is 0 Å². The standard InChI is InChI=1S/C27H25F3N6O2/c1-4-36(26(37)34-22(15-31)20-9-6-10-21(14-20)27(28,29)30)17(2)18-7-5-8-19(13-18)23-16-35-12-11-32-24(35)25(33-23)38-3/h5-14,16-17,22H,4H2,1-3H3,(H,34,37). The van der Waals surface area contributed by atoms with E-state index in [4.69, 9.17) is 4.74 Å². The van der Waals surface area contributed by atoms with Crippen molar-refractivity contribution < 1.29 is 22.7 Å².